The smallest absolute Gasteiger partial charge is 0.302 e. The molecule has 0 radical (unpaired) electrons. The van der Waals surface area contributed by atoms with Gasteiger partial charge in [-0.2, -0.15) is 0 Å². The van der Waals surface area contributed by atoms with Crippen LogP contribution in [0.15, 0.2) is 54.6 Å². The fourth-order valence-electron chi connectivity index (χ4n) is 3.27. The Hall–Kier alpha value is -2.45. The van der Waals surface area contributed by atoms with Gasteiger partial charge in [0.1, 0.15) is 18.5 Å². The summed E-state index contributed by atoms with van der Waals surface area (Å²) in [6, 6.07) is 17.3. The van der Waals surface area contributed by atoms with E-state index < -0.39 is 30.6 Å². The van der Waals surface area contributed by atoms with E-state index in [1.807, 2.05) is 54.6 Å². The molecule has 0 spiro atoms. The summed E-state index contributed by atoms with van der Waals surface area (Å²) in [6.45, 7) is 2.06. The van der Waals surface area contributed by atoms with E-state index in [4.69, 9.17) is 23.7 Å². The lowest BCUT2D eigenvalue weighted by atomic mass is 10.0. The number of carbonyl (C=O) groups is 1. The van der Waals surface area contributed by atoms with Gasteiger partial charge in [-0.05, 0) is 23.3 Å². The zero-order chi connectivity index (χ0) is 21.3. The normalized spacial score (nSPS) is 23.7. The van der Waals surface area contributed by atoms with Crippen LogP contribution < -0.4 is 4.74 Å². The van der Waals surface area contributed by atoms with E-state index in [1.54, 1.807) is 7.11 Å². The molecule has 1 heterocycles. The van der Waals surface area contributed by atoms with E-state index in [0.29, 0.717) is 13.0 Å². The van der Waals surface area contributed by atoms with Crippen molar-refractivity contribution in [2.75, 3.05) is 13.7 Å². The SMILES string of the molecule is COc1ccc(COC2[C@@H](O)OC(COC(C)=O)C[C@H]2OCc2ccccc2)cc1. The van der Waals surface area contributed by atoms with Gasteiger partial charge < -0.3 is 28.8 Å². The predicted octanol–water partition coefficient (Wildman–Crippen LogP) is 2.84. The number of hydrogen-bond donors (Lipinski definition) is 1. The van der Waals surface area contributed by atoms with Gasteiger partial charge in [0, 0.05) is 13.3 Å². The topological polar surface area (TPSA) is 83.5 Å². The Labute approximate surface area is 176 Å². The largest absolute Gasteiger partial charge is 0.497 e. The molecule has 1 aliphatic rings. The summed E-state index contributed by atoms with van der Waals surface area (Å²) in [5, 5.41) is 10.5. The molecule has 2 aromatic rings. The van der Waals surface area contributed by atoms with Crippen molar-refractivity contribution in [1.29, 1.82) is 0 Å². The number of carbonyl (C=O) groups excluding carboxylic acids is 1. The van der Waals surface area contributed by atoms with Gasteiger partial charge in [0.15, 0.2) is 6.29 Å². The van der Waals surface area contributed by atoms with E-state index >= 15 is 0 Å². The van der Waals surface area contributed by atoms with Gasteiger partial charge >= 0.3 is 5.97 Å². The molecule has 1 N–H and O–H groups in total. The van der Waals surface area contributed by atoms with Crippen LogP contribution in [0.1, 0.15) is 24.5 Å². The van der Waals surface area contributed by atoms with Crippen LogP contribution in [0, 0.1) is 0 Å². The Bertz CT molecular complexity index is 778. The van der Waals surface area contributed by atoms with Crippen molar-refractivity contribution >= 4 is 5.97 Å². The zero-order valence-corrected chi connectivity index (χ0v) is 17.2. The first-order valence-corrected chi connectivity index (χ1v) is 9.92. The van der Waals surface area contributed by atoms with Crippen molar-refractivity contribution in [1.82, 2.24) is 0 Å². The minimum absolute atomic E-state index is 0.0583. The molecule has 0 saturated carbocycles. The number of ether oxygens (including phenoxy) is 5. The molecule has 30 heavy (non-hydrogen) atoms. The van der Waals surface area contributed by atoms with Crippen molar-refractivity contribution in [3.63, 3.8) is 0 Å². The third kappa shape index (κ3) is 6.53. The van der Waals surface area contributed by atoms with Crippen LogP contribution in [0.3, 0.4) is 0 Å². The molecule has 7 heteroatoms. The fourth-order valence-corrected chi connectivity index (χ4v) is 3.27. The fraction of sp³-hybridized carbons (Fsp3) is 0.435. The van der Waals surface area contributed by atoms with Crippen LogP contribution in [0.25, 0.3) is 0 Å². The van der Waals surface area contributed by atoms with E-state index in [-0.39, 0.29) is 13.2 Å². The molecular weight excluding hydrogens is 388 g/mol. The summed E-state index contributed by atoms with van der Waals surface area (Å²) in [4.78, 5) is 11.1. The number of aliphatic hydroxyl groups excluding tert-OH is 1. The monoisotopic (exact) mass is 416 g/mol. The van der Waals surface area contributed by atoms with Gasteiger partial charge in [0.25, 0.3) is 0 Å². The maximum absolute atomic E-state index is 11.1. The summed E-state index contributed by atoms with van der Waals surface area (Å²) in [5.41, 5.74) is 1.95. The highest BCUT2D eigenvalue weighted by Gasteiger charge is 2.40. The second-order valence-electron chi connectivity index (χ2n) is 7.15. The van der Waals surface area contributed by atoms with Crippen molar-refractivity contribution in [2.24, 2.45) is 0 Å². The van der Waals surface area contributed by atoms with E-state index in [0.717, 1.165) is 16.9 Å². The third-order valence-electron chi connectivity index (χ3n) is 4.86. The molecule has 162 valence electrons. The number of rotatable bonds is 9. The zero-order valence-electron chi connectivity index (χ0n) is 17.2. The number of methoxy groups -OCH3 is 1. The Morgan fingerprint density at radius 2 is 1.70 bits per heavy atom. The molecule has 0 bridgehead atoms. The van der Waals surface area contributed by atoms with E-state index in [2.05, 4.69) is 0 Å². The third-order valence-corrected chi connectivity index (χ3v) is 4.86. The lowest BCUT2D eigenvalue weighted by Crippen LogP contribution is -2.51. The molecule has 2 aromatic carbocycles. The summed E-state index contributed by atoms with van der Waals surface area (Å²) in [5.74, 6) is 0.366. The highest BCUT2D eigenvalue weighted by molar-refractivity contribution is 5.65. The minimum atomic E-state index is -1.20. The first kappa shape index (κ1) is 22.2. The van der Waals surface area contributed by atoms with Gasteiger partial charge in [-0.15, -0.1) is 0 Å². The molecule has 0 amide bonds. The summed E-state index contributed by atoms with van der Waals surface area (Å²) >= 11 is 0. The quantitative estimate of drug-likeness (QED) is 0.630. The Balaban J connectivity index is 1.64. The van der Waals surface area contributed by atoms with Gasteiger partial charge in [-0.3, -0.25) is 4.79 Å². The molecule has 7 nitrogen and oxygen atoms in total. The van der Waals surface area contributed by atoms with Crippen LogP contribution >= 0.6 is 0 Å². The van der Waals surface area contributed by atoms with Crippen molar-refractivity contribution < 1.29 is 33.6 Å². The van der Waals surface area contributed by atoms with Gasteiger partial charge in [0.2, 0.25) is 0 Å². The first-order chi connectivity index (χ1) is 14.5. The highest BCUT2D eigenvalue weighted by atomic mass is 16.7. The second kappa shape index (κ2) is 11.1. The molecule has 1 saturated heterocycles. The molecule has 2 unspecified atom stereocenters. The molecule has 1 aliphatic heterocycles. The summed E-state index contributed by atoms with van der Waals surface area (Å²) < 4.78 is 27.9. The average Bonchev–Trinajstić information content (AvgIpc) is 2.76. The first-order valence-electron chi connectivity index (χ1n) is 9.92. The number of esters is 1. The number of hydrogen-bond acceptors (Lipinski definition) is 7. The van der Waals surface area contributed by atoms with Crippen molar-refractivity contribution in [3.05, 3.63) is 65.7 Å². The van der Waals surface area contributed by atoms with Crippen LogP contribution in [-0.2, 0) is 37.0 Å². The lowest BCUT2D eigenvalue weighted by Gasteiger charge is -2.39. The average molecular weight is 416 g/mol. The Kier molecular flexibility index (Phi) is 8.21. The number of aliphatic hydroxyl groups is 1. The lowest BCUT2D eigenvalue weighted by molar-refractivity contribution is -0.276. The Morgan fingerprint density at radius 1 is 1.03 bits per heavy atom. The van der Waals surface area contributed by atoms with Crippen LogP contribution in [0.4, 0.5) is 0 Å². The van der Waals surface area contributed by atoms with Gasteiger partial charge in [0.05, 0.1) is 32.5 Å². The molecule has 0 aromatic heterocycles. The van der Waals surface area contributed by atoms with Crippen molar-refractivity contribution in [2.45, 2.75) is 51.2 Å². The summed E-state index contributed by atoms with van der Waals surface area (Å²) in [6.07, 6.45) is -2.33. The van der Waals surface area contributed by atoms with Crippen LogP contribution in [0.5, 0.6) is 5.75 Å². The van der Waals surface area contributed by atoms with Crippen LogP contribution in [0.2, 0.25) is 0 Å². The molecule has 1 fully saturated rings. The highest BCUT2D eigenvalue weighted by Crippen LogP contribution is 2.26. The van der Waals surface area contributed by atoms with Crippen molar-refractivity contribution in [3.8, 4) is 5.75 Å². The number of benzene rings is 2. The van der Waals surface area contributed by atoms with Gasteiger partial charge in [-0.25, -0.2) is 0 Å². The van der Waals surface area contributed by atoms with Crippen LogP contribution in [-0.4, -0.2) is 49.4 Å². The molecular formula is C23H28O7. The maximum atomic E-state index is 11.1. The molecule has 3 rings (SSSR count). The minimum Gasteiger partial charge on any atom is -0.497 e. The Morgan fingerprint density at radius 3 is 2.37 bits per heavy atom. The second-order valence-corrected chi connectivity index (χ2v) is 7.15. The van der Waals surface area contributed by atoms with Gasteiger partial charge in [-0.1, -0.05) is 42.5 Å². The molecule has 4 atom stereocenters. The van der Waals surface area contributed by atoms with E-state index in [9.17, 15) is 9.90 Å². The van der Waals surface area contributed by atoms with E-state index in [1.165, 1.54) is 6.92 Å². The summed E-state index contributed by atoms with van der Waals surface area (Å²) in [7, 11) is 1.61. The molecule has 0 aliphatic carbocycles. The standard InChI is InChI=1S/C23H28O7/c1-16(24)27-15-20-12-21(28-13-17-6-4-3-5-7-17)22(23(25)30-20)29-14-18-8-10-19(26-2)11-9-18/h3-11,20-23,25H,12-15H2,1-2H3/t20?,21-,22?,23+/m1/s1. The predicted molar refractivity (Wildman–Crippen MR) is 109 cm³/mol. The maximum Gasteiger partial charge on any atom is 0.302 e.